The number of aliphatic imine (C=N–C) groups is 1. The number of halogens is 1. The lowest BCUT2D eigenvalue weighted by molar-refractivity contribution is 0.867. The zero-order valence-electron chi connectivity index (χ0n) is 9.87. The van der Waals surface area contributed by atoms with Gasteiger partial charge in [0.25, 0.3) is 0 Å². The standard InChI is InChI=1S/C13H17ClN2/c1-9(2)12-5-4-11(14)8-13(12)16-7-6-10(3)15/h4-9H,15H2,1-3H3. The van der Waals surface area contributed by atoms with Crippen LogP contribution in [0.25, 0.3) is 0 Å². The van der Waals surface area contributed by atoms with E-state index in [1.807, 2.05) is 25.1 Å². The van der Waals surface area contributed by atoms with Crippen LogP contribution in [0.2, 0.25) is 5.02 Å². The molecule has 0 saturated heterocycles. The molecule has 0 saturated carbocycles. The van der Waals surface area contributed by atoms with Gasteiger partial charge in [-0.1, -0.05) is 31.5 Å². The summed E-state index contributed by atoms with van der Waals surface area (Å²) >= 11 is 5.95. The van der Waals surface area contributed by atoms with Crippen molar-refractivity contribution in [2.75, 3.05) is 0 Å². The third-order valence-corrected chi connectivity index (χ3v) is 2.40. The number of allylic oxidation sites excluding steroid dienone is 2. The zero-order chi connectivity index (χ0) is 12.1. The lowest BCUT2D eigenvalue weighted by Gasteiger charge is -2.09. The summed E-state index contributed by atoms with van der Waals surface area (Å²) in [7, 11) is 0. The highest BCUT2D eigenvalue weighted by atomic mass is 35.5. The normalized spacial score (nSPS) is 12.7. The molecule has 0 aromatic heterocycles. The molecule has 0 bridgehead atoms. The van der Waals surface area contributed by atoms with E-state index in [1.165, 1.54) is 5.56 Å². The summed E-state index contributed by atoms with van der Waals surface area (Å²) in [4.78, 5) is 4.36. The second-order valence-electron chi connectivity index (χ2n) is 4.05. The summed E-state index contributed by atoms with van der Waals surface area (Å²) in [6.07, 6.45) is 3.47. The maximum absolute atomic E-state index is 5.95. The first kappa shape index (κ1) is 12.8. The molecule has 16 heavy (non-hydrogen) atoms. The molecule has 0 unspecified atom stereocenters. The van der Waals surface area contributed by atoms with Crippen molar-refractivity contribution in [3.63, 3.8) is 0 Å². The van der Waals surface area contributed by atoms with E-state index in [9.17, 15) is 0 Å². The van der Waals surface area contributed by atoms with Crippen LogP contribution in [0.5, 0.6) is 0 Å². The maximum Gasteiger partial charge on any atom is 0.0679 e. The van der Waals surface area contributed by atoms with Gasteiger partial charge in [0.15, 0.2) is 0 Å². The van der Waals surface area contributed by atoms with E-state index in [4.69, 9.17) is 17.3 Å². The highest BCUT2D eigenvalue weighted by molar-refractivity contribution is 6.30. The number of nitrogens with two attached hydrogens (primary N) is 1. The molecule has 0 fully saturated rings. The second kappa shape index (κ2) is 5.71. The average Bonchev–Trinajstić information content (AvgIpc) is 2.16. The molecule has 1 aromatic carbocycles. The molecule has 0 aliphatic rings. The predicted molar refractivity (Wildman–Crippen MR) is 71.6 cm³/mol. The van der Waals surface area contributed by atoms with Gasteiger partial charge in [-0.05, 0) is 36.6 Å². The minimum atomic E-state index is 0.423. The lowest BCUT2D eigenvalue weighted by atomic mass is 10.0. The van der Waals surface area contributed by atoms with Crippen LogP contribution in [0.3, 0.4) is 0 Å². The van der Waals surface area contributed by atoms with Gasteiger partial charge in [0.1, 0.15) is 0 Å². The first-order chi connectivity index (χ1) is 7.50. The quantitative estimate of drug-likeness (QED) is 0.791. The van der Waals surface area contributed by atoms with Crippen molar-refractivity contribution >= 4 is 23.5 Å². The van der Waals surface area contributed by atoms with Gasteiger partial charge in [0.2, 0.25) is 0 Å². The fourth-order valence-corrected chi connectivity index (χ4v) is 1.52. The van der Waals surface area contributed by atoms with E-state index in [2.05, 4.69) is 18.8 Å². The van der Waals surface area contributed by atoms with E-state index >= 15 is 0 Å². The van der Waals surface area contributed by atoms with Gasteiger partial charge in [0.05, 0.1) is 5.69 Å². The molecule has 0 aliphatic heterocycles. The van der Waals surface area contributed by atoms with E-state index in [-0.39, 0.29) is 0 Å². The summed E-state index contributed by atoms with van der Waals surface area (Å²) in [6.45, 7) is 6.09. The smallest absolute Gasteiger partial charge is 0.0679 e. The Kier molecular flexibility index (Phi) is 4.56. The molecule has 1 rings (SSSR count). The summed E-state index contributed by atoms with van der Waals surface area (Å²) in [5.74, 6) is 0.423. The highest BCUT2D eigenvalue weighted by Gasteiger charge is 2.05. The van der Waals surface area contributed by atoms with Gasteiger partial charge in [-0.2, -0.15) is 0 Å². The summed E-state index contributed by atoms with van der Waals surface area (Å²) in [5.41, 5.74) is 8.35. The molecule has 1 aromatic rings. The van der Waals surface area contributed by atoms with Crippen LogP contribution in [0.15, 0.2) is 35.0 Å². The number of benzene rings is 1. The van der Waals surface area contributed by atoms with Crippen LogP contribution in [-0.2, 0) is 0 Å². The van der Waals surface area contributed by atoms with Crippen LogP contribution >= 0.6 is 11.6 Å². The second-order valence-corrected chi connectivity index (χ2v) is 4.48. The minimum Gasteiger partial charge on any atom is -0.402 e. The Bertz CT molecular complexity index is 416. The van der Waals surface area contributed by atoms with Gasteiger partial charge >= 0.3 is 0 Å². The van der Waals surface area contributed by atoms with Crippen molar-refractivity contribution in [3.05, 3.63) is 40.6 Å². The van der Waals surface area contributed by atoms with Crippen LogP contribution < -0.4 is 5.73 Å². The highest BCUT2D eigenvalue weighted by Crippen LogP contribution is 2.29. The number of hydrogen-bond donors (Lipinski definition) is 1. The Balaban J connectivity index is 3.06. The maximum atomic E-state index is 5.95. The Morgan fingerprint density at radius 3 is 2.69 bits per heavy atom. The Hall–Kier alpha value is -1.28. The first-order valence-corrected chi connectivity index (χ1v) is 5.64. The molecule has 0 spiro atoms. The number of rotatable bonds is 3. The monoisotopic (exact) mass is 236 g/mol. The van der Waals surface area contributed by atoms with Crippen molar-refractivity contribution in [1.29, 1.82) is 0 Å². The molecule has 0 amide bonds. The van der Waals surface area contributed by atoms with Gasteiger partial charge in [0, 0.05) is 16.9 Å². The van der Waals surface area contributed by atoms with Gasteiger partial charge < -0.3 is 5.73 Å². The molecule has 0 atom stereocenters. The van der Waals surface area contributed by atoms with E-state index in [0.717, 1.165) is 11.4 Å². The first-order valence-electron chi connectivity index (χ1n) is 5.26. The summed E-state index contributed by atoms with van der Waals surface area (Å²) in [6, 6.07) is 5.77. The molecule has 0 aliphatic carbocycles. The summed E-state index contributed by atoms with van der Waals surface area (Å²) < 4.78 is 0. The molecule has 86 valence electrons. The fourth-order valence-electron chi connectivity index (χ4n) is 1.35. The molecule has 0 heterocycles. The molecular formula is C13H17ClN2. The molecule has 3 heteroatoms. The third-order valence-electron chi connectivity index (χ3n) is 2.17. The summed E-state index contributed by atoms with van der Waals surface area (Å²) in [5, 5.41) is 0.699. The molecule has 0 radical (unpaired) electrons. The Morgan fingerprint density at radius 1 is 1.44 bits per heavy atom. The van der Waals surface area contributed by atoms with Crippen LogP contribution in [0.1, 0.15) is 32.3 Å². The lowest BCUT2D eigenvalue weighted by Crippen LogP contribution is -1.90. The zero-order valence-corrected chi connectivity index (χ0v) is 10.6. The fraction of sp³-hybridized carbons (Fsp3) is 0.308. The van der Waals surface area contributed by atoms with Crippen LogP contribution in [0, 0.1) is 0 Å². The van der Waals surface area contributed by atoms with Gasteiger partial charge in [-0.15, -0.1) is 0 Å². The molecular weight excluding hydrogens is 220 g/mol. The van der Waals surface area contributed by atoms with Crippen LogP contribution in [-0.4, -0.2) is 6.21 Å². The Morgan fingerprint density at radius 2 is 2.12 bits per heavy atom. The molecule has 2 N–H and O–H groups in total. The van der Waals surface area contributed by atoms with Crippen molar-refractivity contribution in [2.45, 2.75) is 26.7 Å². The van der Waals surface area contributed by atoms with E-state index in [1.54, 1.807) is 12.3 Å². The largest absolute Gasteiger partial charge is 0.402 e. The minimum absolute atomic E-state index is 0.423. The van der Waals surface area contributed by atoms with Gasteiger partial charge in [-0.3, -0.25) is 4.99 Å². The van der Waals surface area contributed by atoms with Gasteiger partial charge in [-0.25, -0.2) is 0 Å². The van der Waals surface area contributed by atoms with Crippen molar-refractivity contribution in [1.82, 2.24) is 0 Å². The number of hydrogen-bond acceptors (Lipinski definition) is 2. The van der Waals surface area contributed by atoms with E-state index < -0.39 is 0 Å². The SMILES string of the molecule is CC(N)=CC=Nc1cc(Cl)ccc1C(C)C. The average molecular weight is 237 g/mol. The van der Waals surface area contributed by atoms with E-state index in [0.29, 0.717) is 10.9 Å². The number of nitrogens with zero attached hydrogens (tertiary/aromatic N) is 1. The predicted octanol–water partition coefficient (Wildman–Crippen LogP) is 4.03. The third kappa shape index (κ3) is 3.70. The van der Waals surface area contributed by atoms with Crippen molar-refractivity contribution < 1.29 is 0 Å². The van der Waals surface area contributed by atoms with Crippen LogP contribution in [0.4, 0.5) is 5.69 Å². The van der Waals surface area contributed by atoms with Crippen molar-refractivity contribution in [2.24, 2.45) is 10.7 Å². The molecule has 2 nitrogen and oxygen atoms in total. The topological polar surface area (TPSA) is 38.4 Å². The Labute approximate surface area is 102 Å². The van der Waals surface area contributed by atoms with Crippen molar-refractivity contribution in [3.8, 4) is 0 Å².